The first-order chi connectivity index (χ1) is 14.7. The highest BCUT2D eigenvalue weighted by atomic mass is 16.1. The monoisotopic (exact) mass is 404 g/mol. The largest absolute Gasteiger partial charge is 0.367 e. The molecule has 0 bridgehead atoms. The van der Waals surface area contributed by atoms with Crippen LogP contribution in [0.15, 0.2) is 36.5 Å². The van der Waals surface area contributed by atoms with Crippen molar-refractivity contribution in [1.82, 2.24) is 25.1 Å². The lowest BCUT2D eigenvalue weighted by molar-refractivity contribution is -0.121. The van der Waals surface area contributed by atoms with Crippen LogP contribution in [0.5, 0.6) is 0 Å². The highest BCUT2D eigenvalue weighted by Gasteiger charge is 2.29. The summed E-state index contributed by atoms with van der Waals surface area (Å²) in [6.45, 7) is 1.90. The van der Waals surface area contributed by atoms with Gasteiger partial charge in [0.15, 0.2) is 5.65 Å². The van der Waals surface area contributed by atoms with E-state index in [0.717, 1.165) is 66.9 Å². The van der Waals surface area contributed by atoms with E-state index in [1.54, 1.807) is 0 Å². The van der Waals surface area contributed by atoms with Crippen molar-refractivity contribution in [2.75, 3.05) is 5.32 Å². The normalized spacial score (nSPS) is 21.5. The maximum atomic E-state index is 11.7. The summed E-state index contributed by atoms with van der Waals surface area (Å²) < 4.78 is 1.91. The predicted molar refractivity (Wildman–Crippen MR) is 117 cm³/mol. The Balaban J connectivity index is 1.39. The molecule has 0 unspecified atom stereocenters. The summed E-state index contributed by atoms with van der Waals surface area (Å²) >= 11 is 0. The number of rotatable bonds is 6. The Bertz CT molecular complexity index is 1030. The van der Waals surface area contributed by atoms with Crippen molar-refractivity contribution < 1.29 is 4.79 Å². The van der Waals surface area contributed by atoms with Gasteiger partial charge in [0.1, 0.15) is 11.6 Å². The molecule has 0 radical (unpaired) electrons. The van der Waals surface area contributed by atoms with Gasteiger partial charge >= 0.3 is 0 Å². The number of para-hydroxylation sites is 1. The molecule has 2 aliphatic rings. The fourth-order valence-corrected chi connectivity index (χ4v) is 4.22. The first-order valence-corrected chi connectivity index (χ1v) is 11.1. The lowest BCUT2D eigenvalue weighted by Gasteiger charge is -2.30. The minimum absolute atomic E-state index is 0.145. The van der Waals surface area contributed by atoms with Gasteiger partial charge in [0.25, 0.3) is 0 Å². The average Bonchev–Trinajstić information content (AvgIpc) is 3.54. The maximum absolute atomic E-state index is 11.7. The van der Waals surface area contributed by atoms with Crippen LogP contribution in [0.1, 0.15) is 63.6 Å². The zero-order chi connectivity index (χ0) is 20.5. The van der Waals surface area contributed by atoms with Crippen LogP contribution in [0, 0.1) is 0 Å². The second-order valence-corrected chi connectivity index (χ2v) is 8.45. The van der Waals surface area contributed by atoms with Gasteiger partial charge in [0.2, 0.25) is 5.91 Å². The van der Waals surface area contributed by atoms with Crippen LogP contribution in [0.3, 0.4) is 0 Å². The zero-order valence-electron chi connectivity index (χ0n) is 17.3. The van der Waals surface area contributed by atoms with E-state index in [1.807, 2.05) is 48.1 Å². The molecule has 2 aliphatic carbocycles. The van der Waals surface area contributed by atoms with E-state index in [9.17, 15) is 4.79 Å². The first-order valence-electron chi connectivity index (χ1n) is 11.1. The van der Waals surface area contributed by atoms with Gasteiger partial charge < -0.3 is 10.6 Å². The van der Waals surface area contributed by atoms with Crippen molar-refractivity contribution in [2.24, 2.45) is 0 Å². The third-order valence-corrected chi connectivity index (χ3v) is 6.14. The van der Waals surface area contributed by atoms with E-state index in [4.69, 9.17) is 9.97 Å². The predicted octanol–water partition coefficient (Wildman–Crippen LogP) is 3.94. The molecule has 0 spiro atoms. The molecule has 2 heterocycles. The number of aromatic nitrogens is 4. The molecule has 156 valence electrons. The third kappa shape index (κ3) is 3.88. The quantitative estimate of drug-likeness (QED) is 0.650. The Morgan fingerprint density at radius 1 is 1.03 bits per heavy atom. The van der Waals surface area contributed by atoms with Crippen molar-refractivity contribution in [3.63, 3.8) is 0 Å². The SMILES string of the molecule is CCC(=O)NC1CCC(Nc2nc(C3CC3)nc3c2cnn3-c2ccccc2)CC1. The van der Waals surface area contributed by atoms with Crippen molar-refractivity contribution >= 4 is 22.8 Å². The van der Waals surface area contributed by atoms with Crippen LogP contribution < -0.4 is 10.6 Å². The van der Waals surface area contributed by atoms with Crippen LogP contribution in [0.2, 0.25) is 0 Å². The second-order valence-electron chi connectivity index (χ2n) is 8.45. The van der Waals surface area contributed by atoms with Crippen LogP contribution in [-0.2, 0) is 4.79 Å². The molecular formula is C23H28N6O. The Kier molecular flexibility index (Phi) is 5.11. The molecule has 1 amide bonds. The van der Waals surface area contributed by atoms with E-state index in [1.165, 1.54) is 0 Å². The van der Waals surface area contributed by atoms with E-state index in [0.29, 0.717) is 24.4 Å². The van der Waals surface area contributed by atoms with Crippen molar-refractivity contribution in [3.05, 3.63) is 42.4 Å². The van der Waals surface area contributed by atoms with Gasteiger partial charge in [-0.3, -0.25) is 4.79 Å². The molecular weight excluding hydrogens is 376 g/mol. The molecule has 1 aromatic carbocycles. The summed E-state index contributed by atoms with van der Waals surface area (Å²) in [6.07, 6.45) is 8.77. The standard InChI is InChI=1S/C23H28N6O/c1-2-20(30)25-16-10-12-17(13-11-16)26-22-19-14-24-29(18-6-4-3-5-7-18)23(19)28-21(27-22)15-8-9-15/h3-7,14-17H,2,8-13H2,1H3,(H,25,30)(H,26,27,28). The lowest BCUT2D eigenvalue weighted by atomic mass is 9.91. The van der Waals surface area contributed by atoms with E-state index in [-0.39, 0.29) is 5.91 Å². The zero-order valence-corrected chi connectivity index (χ0v) is 17.3. The second kappa shape index (κ2) is 8.05. The molecule has 0 saturated heterocycles. The summed E-state index contributed by atoms with van der Waals surface area (Å²) in [6, 6.07) is 10.8. The van der Waals surface area contributed by atoms with Gasteiger partial charge in [-0.25, -0.2) is 14.6 Å². The molecule has 30 heavy (non-hydrogen) atoms. The highest BCUT2D eigenvalue weighted by Crippen LogP contribution is 2.40. The Morgan fingerprint density at radius 2 is 1.77 bits per heavy atom. The number of carbonyl (C=O) groups is 1. The summed E-state index contributed by atoms with van der Waals surface area (Å²) in [5, 5.41) is 12.4. The summed E-state index contributed by atoms with van der Waals surface area (Å²) in [7, 11) is 0. The smallest absolute Gasteiger partial charge is 0.219 e. The van der Waals surface area contributed by atoms with Gasteiger partial charge in [0.05, 0.1) is 17.3 Å². The highest BCUT2D eigenvalue weighted by molar-refractivity contribution is 5.87. The van der Waals surface area contributed by atoms with Gasteiger partial charge in [-0.1, -0.05) is 25.1 Å². The molecule has 7 nitrogen and oxygen atoms in total. The van der Waals surface area contributed by atoms with Crippen LogP contribution >= 0.6 is 0 Å². The fraction of sp³-hybridized carbons (Fsp3) is 0.478. The molecule has 0 atom stereocenters. The first kappa shape index (κ1) is 19.0. The van der Waals surface area contributed by atoms with E-state index < -0.39 is 0 Å². The van der Waals surface area contributed by atoms with Crippen LogP contribution in [0.4, 0.5) is 5.82 Å². The number of benzene rings is 1. The topological polar surface area (TPSA) is 84.7 Å². The molecule has 5 rings (SSSR count). The van der Waals surface area contributed by atoms with Crippen LogP contribution in [0.25, 0.3) is 16.7 Å². The number of anilines is 1. The van der Waals surface area contributed by atoms with Gasteiger partial charge in [-0.2, -0.15) is 5.10 Å². The lowest BCUT2D eigenvalue weighted by Crippen LogP contribution is -2.39. The van der Waals surface area contributed by atoms with E-state index in [2.05, 4.69) is 15.7 Å². The minimum Gasteiger partial charge on any atom is -0.367 e. The van der Waals surface area contributed by atoms with Crippen molar-refractivity contribution in [2.45, 2.75) is 69.9 Å². The summed E-state index contributed by atoms with van der Waals surface area (Å²) in [4.78, 5) is 21.5. The van der Waals surface area contributed by atoms with Gasteiger partial charge in [0, 0.05) is 24.4 Å². The Hall–Kier alpha value is -2.96. The van der Waals surface area contributed by atoms with Crippen molar-refractivity contribution in [3.8, 4) is 5.69 Å². The third-order valence-electron chi connectivity index (χ3n) is 6.14. The minimum atomic E-state index is 0.145. The van der Waals surface area contributed by atoms with E-state index >= 15 is 0 Å². The number of nitrogens with one attached hydrogen (secondary N) is 2. The van der Waals surface area contributed by atoms with Gasteiger partial charge in [-0.05, 0) is 50.7 Å². The average molecular weight is 405 g/mol. The number of fused-ring (bicyclic) bond motifs is 1. The molecule has 2 aromatic heterocycles. The number of nitrogens with zero attached hydrogens (tertiary/aromatic N) is 4. The fourth-order valence-electron chi connectivity index (χ4n) is 4.22. The molecule has 2 fully saturated rings. The number of amides is 1. The molecule has 2 saturated carbocycles. The number of hydrogen-bond donors (Lipinski definition) is 2. The molecule has 7 heteroatoms. The molecule has 3 aromatic rings. The molecule has 0 aliphatic heterocycles. The summed E-state index contributed by atoms with van der Waals surface area (Å²) in [5.41, 5.74) is 1.87. The molecule has 2 N–H and O–H groups in total. The Labute approximate surface area is 176 Å². The number of carbonyl (C=O) groups excluding carboxylic acids is 1. The van der Waals surface area contributed by atoms with Crippen LogP contribution in [-0.4, -0.2) is 37.7 Å². The Morgan fingerprint density at radius 3 is 2.47 bits per heavy atom. The van der Waals surface area contributed by atoms with Crippen molar-refractivity contribution in [1.29, 1.82) is 0 Å². The number of hydrogen-bond acceptors (Lipinski definition) is 5. The summed E-state index contributed by atoms with van der Waals surface area (Å²) in [5.74, 6) is 2.43. The maximum Gasteiger partial charge on any atom is 0.219 e. The van der Waals surface area contributed by atoms with Gasteiger partial charge in [-0.15, -0.1) is 0 Å².